The zero-order valence-corrected chi connectivity index (χ0v) is 14.3. The van der Waals surface area contributed by atoms with Gasteiger partial charge in [-0.15, -0.1) is 5.11 Å². The van der Waals surface area contributed by atoms with Gasteiger partial charge in [0, 0.05) is 19.5 Å². The maximum Gasteiger partial charge on any atom is 0.222 e. The molecule has 2 rings (SSSR count). The number of benzene rings is 1. The highest BCUT2D eigenvalue weighted by Gasteiger charge is 2.19. The molecule has 1 aromatic carbocycles. The van der Waals surface area contributed by atoms with E-state index in [-0.39, 0.29) is 5.91 Å². The van der Waals surface area contributed by atoms with Crippen LogP contribution in [-0.2, 0) is 4.79 Å². The van der Waals surface area contributed by atoms with E-state index < -0.39 is 0 Å². The van der Waals surface area contributed by atoms with Gasteiger partial charge in [-0.1, -0.05) is 31.4 Å². The summed E-state index contributed by atoms with van der Waals surface area (Å²) in [5.74, 6) is 0.259. The third-order valence-corrected chi connectivity index (χ3v) is 4.14. The minimum absolute atomic E-state index is 0.259. The van der Waals surface area contributed by atoms with E-state index in [0.717, 1.165) is 18.5 Å². The quantitative estimate of drug-likeness (QED) is 0.566. The van der Waals surface area contributed by atoms with Gasteiger partial charge in [0.1, 0.15) is 0 Å². The minimum atomic E-state index is 0.259. The van der Waals surface area contributed by atoms with Crippen LogP contribution in [0.5, 0.6) is 0 Å². The fraction of sp³-hybridized carbons (Fsp3) is 0.556. The number of hydrogen-bond donors (Lipinski definition) is 0. The van der Waals surface area contributed by atoms with E-state index >= 15 is 0 Å². The number of carbonyl (C=O) groups is 1. The molecule has 1 amide bonds. The second kappa shape index (κ2) is 9.66. The summed E-state index contributed by atoms with van der Waals surface area (Å²) in [5.41, 5.74) is 1.34. The molecule has 0 spiro atoms. The van der Waals surface area contributed by atoms with E-state index in [1.165, 1.54) is 12.8 Å². The molecule has 0 unspecified atom stereocenters. The lowest BCUT2D eigenvalue weighted by Gasteiger charge is -2.32. The lowest BCUT2D eigenvalue weighted by molar-refractivity contribution is -0.133. The first kappa shape index (κ1) is 17.9. The van der Waals surface area contributed by atoms with E-state index in [0.29, 0.717) is 38.2 Å². The molecular formula is C18H25N5O. The number of piperazine rings is 1. The van der Waals surface area contributed by atoms with Crippen LogP contribution in [0.2, 0.25) is 0 Å². The Morgan fingerprint density at radius 3 is 2.46 bits per heavy atom. The van der Waals surface area contributed by atoms with Crippen molar-refractivity contribution in [1.82, 2.24) is 9.91 Å². The van der Waals surface area contributed by atoms with Crippen LogP contribution < -0.4 is 0 Å². The minimum Gasteiger partial charge on any atom is -0.339 e. The molecular weight excluding hydrogens is 302 g/mol. The number of unbranched alkanes of at least 4 members (excludes halogenated alkanes) is 3. The van der Waals surface area contributed by atoms with Gasteiger partial charge in [-0.2, -0.15) is 5.26 Å². The molecule has 1 saturated heterocycles. The van der Waals surface area contributed by atoms with Crippen LogP contribution in [0.25, 0.3) is 0 Å². The van der Waals surface area contributed by atoms with Crippen molar-refractivity contribution in [2.75, 3.05) is 26.2 Å². The number of amides is 1. The van der Waals surface area contributed by atoms with Gasteiger partial charge in [0.25, 0.3) is 0 Å². The molecule has 0 aliphatic carbocycles. The van der Waals surface area contributed by atoms with E-state index in [4.69, 9.17) is 5.26 Å². The summed E-state index contributed by atoms with van der Waals surface area (Å²) in [6.07, 6.45) is 5.19. The first-order valence-corrected chi connectivity index (χ1v) is 8.67. The third kappa shape index (κ3) is 5.65. The van der Waals surface area contributed by atoms with Crippen LogP contribution >= 0.6 is 0 Å². The van der Waals surface area contributed by atoms with Crippen LogP contribution in [0.1, 0.15) is 44.6 Å². The average Bonchev–Trinajstić information content (AvgIpc) is 2.64. The van der Waals surface area contributed by atoms with E-state index in [1.54, 1.807) is 24.3 Å². The highest BCUT2D eigenvalue weighted by molar-refractivity contribution is 5.76. The second-order valence-corrected chi connectivity index (χ2v) is 5.99. The van der Waals surface area contributed by atoms with Crippen molar-refractivity contribution < 1.29 is 4.79 Å². The molecule has 1 aromatic rings. The normalized spacial score (nSPS) is 14.8. The highest BCUT2D eigenvalue weighted by Crippen LogP contribution is 2.15. The SMILES string of the molecule is CCCCCCC(=O)N1CCN(N=Nc2ccc(C#N)cc2)CC1. The molecule has 0 saturated carbocycles. The number of nitrogens with zero attached hydrogens (tertiary/aromatic N) is 5. The van der Waals surface area contributed by atoms with Crippen LogP contribution in [-0.4, -0.2) is 42.0 Å². The molecule has 128 valence electrons. The lowest BCUT2D eigenvalue weighted by atomic mass is 10.1. The van der Waals surface area contributed by atoms with E-state index in [2.05, 4.69) is 23.3 Å². The topological polar surface area (TPSA) is 72.1 Å². The first-order chi connectivity index (χ1) is 11.7. The summed E-state index contributed by atoms with van der Waals surface area (Å²) in [7, 11) is 0. The highest BCUT2D eigenvalue weighted by atomic mass is 16.2. The van der Waals surface area contributed by atoms with Gasteiger partial charge in [0.05, 0.1) is 30.4 Å². The van der Waals surface area contributed by atoms with E-state index in [9.17, 15) is 4.79 Å². The summed E-state index contributed by atoms with van der Waals surface area (Å²) < 4.78 is 0. The summed E-state index contributed by atoms with van der Waals surface area (Å²) in [4.78, 5) is 14.1. The number of carbonyl (C=O) groups excluding carboxylic acids is 1. The Hall–Kier alpha value is -2.42. The third-order valence-electron chi connectivity index (χ3n) is 4.14. The molecule has 0 N–H and O–H groups in total. The summed E-state index contributed by atoms with van der Waals surface area (Å²) in [6, 6.07) is 9.08. The molecule has 1 aliphatic heterocycles. The lowest BCUT2D eigenvalue weighted by Crippen LogP contribution is -2.46. The molecule has 0 bridgehead atoms. The van der Waals surface area contributed by atoms with Gasteiger partial charge >= 0.3 is 0 Å². The van der Waals surface area contributed by atoms with Crippen molar-refractivity contribution in [3.63, 3.8) is 0 Å². The van der Waals surface area contributed by atoms with Crippen molar-refractivity contribution in [2.45, 2.75) is 39.0 Å². The van der Waals surface area contributed by atoms with Gasteiger partial charge in [0.15, 0.2) is 0 Å². The number of hydrogen-bond acceptors (Lipinski definition) is 4. The standard InChI is InChI=1S/C18H25N5O/c1-2-3-4-5-6-18(24)22-11-13-23(14-12-22)21-20-17-9-7-16(15-19)8-10-17/h7-10H,2-6,11-14H2,1H3. The smallest absolute Gasteiger partial charge is 0.222 e. The van der Waals surface area contributed by atoms with Crippen molar-refractivity contribution in [1.29, 1.82) is 5.26 Å². The predicted octanol–water partition coefficient (Wildman–Crippen LogP) is 3.67. The summed E-state index contributed by atoms with van der Waals surface area (Å²) >= 11 is 0. The fourth-order valence-corrected chi connectivity index (χ4v) is 2.61. The summed E-state index contributed by atoms with van der Waals surface area (Å²) in [5, 5.41) is 19.1. The van der Waals surface area contributed by atoms with Gasteiger partial charge in [-0.05, 0) is 30.7 Å². The molecule has 24 heavy (non-hydrogen) atoms. The first-order valence-electron chi connectivity index (χ1n) is 8.67. The number of rotatable bonds is 7. The monoisotopic (exact) mass is 327 g/mol. The maximum absolute atomic E-state index is 12.1. The zero-order valence-electron chi connectivity index (χ0n) is 14.3. The Bertz CT molecular complexity index is 582. The Morgan fingerprint density at radius 1 is 1.12 bits per heavy atom. The Balaban J connectivity index is 1.72. The Morgan fingerprint density at radius 2 is 1.83 bits per heavy atom. The van der Waals surface area contributed by atoms with Crippen molar-refractivity contribution >= 4 is 11.6 Å². The second-order valence-electron chi connectivity index (χ2n) is 5.99. The van der Waals surface area contributed by atoms with E-state index in [1.807, 2.05) is 9.91 Å². The number of nitriles is 1. The summed E-state index contributed by atoms with van der Waals surface area (Å²) in [6.45, 7) is 5.01. The van der Waals surface area contributed by atoms with Gasteiger partial charge < -0.3 is 4.90 Å². The van der Waals surface area contributed by atoms with Gasteiger partial charge in [-0.25, -0.2) is 0 Å². The van der Waals surface area contributed by atoms with Gasteiger partial charge in [-0.3, -0.25) is 9.80 Å². The van der Waals surface area contributed by atoms with Crippen LogP contribution in [0, 0.1) is 11.3 Å². The largest absolute Gasteiger partial charge is 0.339 e. The van der Waals surface area contributed by atoms with Crippen molar-refractivity contribution in [3.05, 3.63) is 29.8 Å². The zero-order chi connectivity index (χ0) is 17.2. The molecule has 0 atom stereocenters. The Kier molecular flexibility index (Phi) is 7.21. The molecule has 6 nitrogen and oxygen atoms in total. The van der Waals surface area contributed by atoms with Crippen molar-refractivity contribution in [2.24, 2.45) is 10.3 Å². The molecule has 6 heteroatoms. The molecule has 0 radical (unpaired) electrons. The van der Waals surface area contributed by atoms with Crippen molar-refractivity contribution in [3.8, 4) is 6.07 Å². The average molecular weight is 327 g/mol. The van der Waals surface area contributed by atoms with Crippen LogP contribution in [0.3, 0.4) is 0 Å². The Labute approximate surface area is 143 Å². The molecule has 1 heterocycles. The van der Waals surface area contributed by atoms with Gasteiger partial charge in [0.2, 0.25) is 5.91 Å². The molecule has 0 aromatic heterocycles. The predicted molar refractivity (Wildman–Crippen MR) is 92.6 cm³/mol. The maximum atomic E-state index is 12.1. The molecule has 1 aliphatic rings. The van der Waals surface area contributed by atoms with Crippen LogP contribution in [0.15, 0.2) is 34.6 Å². The fourth-order valence-electron chi connectivity index (χ4n) is 2.61. The van der Waals surface area contributed by atoms with Crippen LogP contribution in [0.4, 0.5) is 5.69 Å². The molecule has 1 fully saturated rings.